The van der Waals surface area contributed by atoms with Gasteiger partial charge in [-0.3, -0.25) is 0 Å². The van der Waals surface area contributed by atoms with Gasteiger partial charge in [-0.1, -0.05) is 0 Å². The zero-order valence-corrected chi connectivity index (χ0v) is 15.1. The monoisotopic (exact) mass is 399 g/mol. The van der Waals surface area contributed by atoms with E-state index < -0.39 is 23.8 Å². The molecule has 2 rings (SSSR count). The molecule has 1 aromatic heterocycles. The summed E-state index contributed by atoms with van der Waals surface area (Å²) in [4.78, 5) is 15.2. The van der Waals surface area contributed by atoms with Crippen LogP contribution in [0.5, 0.6) is 11.6 Å². The third-order valence-corrected chi connectivity index (χ3v) is 3.65. The highest BCUT2D eigenvalue weighted by Crippen LogP contribution is 2.30. The maximum Gasteiger partial charge on any atom is 0.416 e. The molecule has 0 aliphatic heterocycles. The normalized spacial score (nSPS) is 12.4. The van der Waals surface area contributed by atoms with Gasteiger partial charge in [-0.25, -0.2) is 9.78 Å². The van der Waals surface area contributed by atoms with Gasteiger partial charge in [0.05, 0.1) is 5.56 Å². The Bertz CT molecular complexity index is 765. The summed E-state index contributed by atoms with van der Waals surface area (Å²) in [7, 11) is 0. The molecule has 152 valence electrons. The molecule has 1 N–H and O–H groups in total. The van der Waals surface area contributed by atoms with Crippen molar-refractivity contribution in [3.63, 3.8) is 0 Å². The third kappa shape index (κ3) is 6.73. The topological polar surface area (TPSA) is 77.9 Å². The van der Waals surface area contributed by atoms with E-state index in [1.807, 2.05) is 0 Å². The second-order valence-electron chi connectivity index (χ2n) is 5.71. The first kappa shape index (κ1) is 21.5. The molecule has 1 unspecified atom stereocenters. The molecule has 0 bridgehead atoms. The predicted octanol–water partition coefficient (Wildman–Crippen LogP) is 3.59. The van der Waals surface area contributed by atoms with Crippen molar-refractivity contribution in [1.29, 1.82) is 0 Å². The molecule has 0 aliphatic carbocycles. The van der Waals surface area contributed by atoms with Crippen molar-refractivity contribution in [2.24, 2.45) is 0 Å². The van der Waals surface area contributed by atoms with Gasteiger partial charge in [-0.2, -0.15) is 13.2 Å². The number of aliphatic carboxylic acids is 1. The van der Waals surface area contributed by atoms with Gasteiger partial charge in [0, 0.05) is 25.3 Å². The summed E-state index contributed by atoms with van der Waals surface area (Å²) >= 11 is 0. The van der Waals surface area contributed by atoms with Crippen LogP contribution in [0.3, 0.4) is 0 Å². The molecule has 1 heterocycles. The number of alkyl halides is 3. The fraction of sp³-hybridized carbons (Fsp3) is 0.368. The van der Waals surface area contributed by atoms with Gasteiger partial charge < -0.3 is 19.3 Å². The van der Waals surface area contributed by atoms with Gasteiger partial charge in [0.1, 0.15) is 19.0 Å². The second kappa shape index (κ2) is 9.93. The van der Waals surface area contributed by atoms with Crippen LogP contribution in [-0.2, 0) is 22.1 Å². The van der Waals surface area contributed by atoms with E-state index in [2.05, 4.69) is 4.98 Å². The molecule has 9 heteroatoms. The lowest BCUT2D eigenvalue weighted by Gasteiger charge is -2.13. The van der Waals surface area contributed by atoms with Crippen LogP contribution in [0.1, 0.15) is 18.1 Å². The van der Waals surface area contributed by atoms with Gasteiger partial charge in [-0.05, 0) is 42.8 Å². The van der Waals surface area contributed by atoms with Crippen LogP contribution in [0.25, 0.3) is 0 Å². The molecular formula is C19H20F3NO5. The van der Waals surface area contributed by atoms with E-state index in [1.54, 1.807) is 19.1 Å². The third-order valence-electron chi connectivity index (χ3n) is 3.65. The number of nitrogens with zero attached hydrogens (tertiary/aromatic N) is 1. The molecule has 1 aromatic carbocycles. The quantitative estimate of drug-likeness (QED) is 0.616. The zero-order valence-electron chi connectivity index (χ0n) is 15.1. The van der Waals surface area contributed by atoms with E-state index in [0.717, 1.165) is 12.1 Å². The first-order chi connectivity index (χ1) is 13.3. The Kier molecular flexibility index (Phi) is 7.62. The van der Waals surface area contributed by atoms with Crippen LogP contribution in [0.15, 0.2) is 42.6 Å². The maximum absolute atomic E-state index is 12.5. The lowest BCUT2D eigenvalue weighted by molar-refractivity contribution is -0.150. The average molecular weight is 399 g/mol. The number of carbonyl (C=O) groups is 1. The van der Waals surface area contributed by atoms with Crippen molar-refractivity contribution >= 4 is 5.97 Å². The first-order valence-electron chi connectivity index (χ1n) is 8.51. The molecule has 1 atom stereocenters. The molecule has 2 aromatic rings. The number of carboxylic acids is 1. The van der Waals surface area contributed by atoms with Gasteiger partial charge >= 0.3 is 12.1 Å². The van der Waals surface area contributed by atoms with E-state index >= 15 is 0 Å². The van der Waals surface area contributed by atoms with Gasteiger partial charge in [0.2, 0.25) is 5.88 Å². The summed E-state index contributed by atoms with van der Waals surface area (Å²) < 4.78 is 53.5. The molecule has 0 radical (unpaired) electrons. The average Bonchev–Trinajstić information content (AvgIpc) is 2.65. The van der Waals surface area contributed by atoms with E-state index in [1.165, 1.54) is 18.3 Å². The Labute approximate surface area is 159 Å². The minimum Gasteiger partial charge on any atom is -0.490 e. The van der Waals surface area contributed by atoms with Crippen LogP contribution in [0.2, 0.25) is 0 Å². The van der Waals surface area contributed by atoms with E-state index in [0.29, 0.717) is 11.3 Å². The Morgan fingerprint density at radius 3 is 2.43 bits per heavy atom. The lowest BCUT2D eigenvalue weighted by atomic mass is 10.1. The van der Waals surface area contributed by atoms with Crippen LogP contribution in [-0.4, -0.2) is 42.0 Å². The molecule has 0 fully saturated rings. The van der Waals surface area contributed by atoms with Gasteiger partial charge in [0.15, 0.2) is 6.10 Å². The summed E-state index contributed by atoms with van der Waals surface area (Å²) in [6.45, 7) is 2.22. The second-order valence-corrected chi connectivity index (χ2v) is 5.71. The van der Waals surface area contributed by atoms with Crippen LogP contribution >= 0.6 is 0 Å². The minimum atomic E-state index is -4.39. The molecule has 0 amide bonds. The highest BCUT2D eigenvalue weighted by molar-refractivity contribution is 5.72. The fourth-order valence-corrected chi connectivity index (χ4v) is 2.34. The molecule has 6 nitrogen and oxygen atoms in total. The van der Waals surface area contributed by atoms with Crippen molar-refractivity contribution in [3.05, 3.63) is 53.7 Å². The Balaban J connectivity index is 1.82. The van der Waals surface area contributed by atoms with Crippen LogP contribution < -0.4 is 9.47 Å². The summed E-state index contributed by atoms with van der Waals surface area (Å²) in [6.07, 6.45) is -3.68. The van der Waals surface area contributed by atoms with Crippen molar-refractivity contribution in [3.8, 4) is 11.6 Å². The van der Waals surface area contributed by atoms with E-state index in [-0.39, 0.29) is 32.1 Å². The summed E-state index contributed by atoms with van der Waals surface area (Å²) in [5, 5.41) is 9.13. The molecule has 0 aliphatic rings. The Morgan fingerprint density at radius 2 is 1.82 bits per heavy atom. The highest BCUT2D eigenvalue weighted by atomic mass is 19.4. The smallest absolute Gasteiger partial charge is 0.416 e. The number of carboxylic acid groups (broad SMARTS) is 1. The molecule has 0 saturated carbocycles. The fourth-order valence-electron chi connectivity index (χ4n) is 2.34. The van der Waals surface area contributed by atoms with E-state index in [4.69, 9.17) is 19.3 Å². The molecular weight excluding hydrogens is 379 g/mol. The number of pyridine rings is 1. The van der Waals surface area contributed by atoms with Gasteiger partial charge in [0.25, 0.3) is 0 Å². The predicted molar refractivity (Wildman–Crippen MR) is 93.4 cm³/mol. The Hall–Kier alpha value is -2.81. The Morgan fingerprint density at radius 1 is 1.14 bits per heavy atom. The minimum absolute atomic E-state index is 0.105. The van der Waals surface area contributed by atoms with Crippen molar-refractivity contribution in [2.75, 3.05) is 19.8 Å². The number of halogens is 3. The summed E-state index contributed by atoms with van der Waals surface area (Å²) in [5.74, 6) is -0.473. The summed E-state index contributed by atoms with van der Waals surface area (Å²) in [6, 6.07) is 7.63. The van der Waals surface area contributed by atoms with Crippen LogP contribution in [0.4, 0.5) is 13.2 Å². The number of hydrogen-bond acceptors (Lipinski definition) is 5. The number of rotatable bonds is 10. The maximum atomic E-state index is 12.5. The largest absolute Gasteiger partial charge is 0.490 e. The number of ether oxygens (including phenoxy) is 3. The van der Waals surface area contributed by atoms with E-state index in [9.17, 15) is 18.0 Å². The highest BCUT2D eigenvalue weighted by Gasteiger charge is 2.30. The SMILES string of the molecule is CCOC(Cc1ccnc(OCCOc2ccc(C(F)(F)F)cc2)c1)C(=O)O. The number of aromatic nitrogens is 1. The summed E-state index contributed by atoms with van der Waals surface area (Å²) in [5.41, 5.74) is -0.0571. The molecule has 0 spiro atoms. The van der Waals surface area contributed by atoms with Crippen molar-refractivity contribution < 1.29 is 37.3 Å². The number of benzene rings is 1. The van der Waals surface area contributed by atoms with Crippen LogP contribution in [0, 0.1) is 0 Å². The van der Waals surface area contributed by atoms with Crippen molar-refractivity contribution in [1.82, 2.24) is 4.98 Å². The lowest BCUT2D eigenvalue weighted by Crippen LogP contribution is -2.26. The molecule has 0 saturated heterocycles. The van der Waals surface area contributed by atoms with Gasteiger partial charge in [-0.15, -0.1) is 0 Å². The zero-order chi connectivity index (χ0) is 20.6. The molecule has 28 heavy (non-hydrogen) atoms. The standard InChI is InChI=1S/C19H20F3NO5/c1-2-26-16(18(24)25)11-13-7-8-23-17(12-13)28-10-9-27-15-5-3-14(4-6-15)19(20,21)22/h3-8,12,16H,2,9-11H2,1H3,(H,24,25). The first-order valence-corrected chi connectivity index (χ1v) is 8.51. The number of hydrogen-bond donors (Lipinski definition) is 1. The van der Waals surface area contributed by atoms with Crippen molar-refractivity contribution in [2.45, 2.75) is 25.6 Å².